The van der Waals surface area contributed by atoms with Crippen molar-refractivity contribution in [1.29, 1.82) is 0 Å². The molecule has 0 aliphatic rings. The number of nitrogens with two attached hydrogens (primary N) is 1. The summed E-state index contributed by atoms with van der Waals surface area (Å²) in [6.07, 6.45) is 3.53. The number of rotatable bonds is 4. The molecule has 1 aromatic heterocycles. The zero-order valence-corrected chi connectivity index (χ0v) is 11.2. The number of nitrogens with one attached hydrogen (secondary N) is 1. The fraction of sp³-hybridized carbons (Fsp3) is 0.143. The van der Waals surface area contributed by atoms with Crippen LogP contribution in [0.3, 0.4) is 0 Å². The van der Waals surface area contributed by atoms with Gasteiger partial charge in [-0.25, -0.2) is 0 Å². The van der Waals surface area contributed by atoms with Crippen LogP contribution in [0.2, 0.25) is 5.02 Å². The third-order valence-corrected chi connectivity index (χ3v) is 3.11. The highest BCUT2D eigenvalue weighted by atomic mass is 35.5. The number of primary amides is 1. The highest BCUT2D eigenvalue weighted by molar-refractivity contribution is 6.34. The maximum Gasteiger partial charge on any atom is 0.250 e. The number of carbonyl (C=O) groups excluding carboxylic acids is 1. The van der Waals surface area contributed by atoms with Crippen molar-refractivity contribution >= 4 is 23.2 Å². The number of amides is 1. The van der Waals surface area contributed by atoms with E-state index < -0.39 is 5.91 Å². The van der Waals surface area contributed by atoms with Crippen molar-refractivity contribution in [1.82, 2.24) is 4.98 Å². The molecule has 0 fully saturated rings. The van der Waals surface area contributed by atoms with Crippen LogP contribution in [0, 0.1) is 0 Å². The predicted molar refractivity (Wildman–Crippen MR) is 76.2 cm³/mol. The van der Waals surface area contributed by atoms with Gasteiger partial charge in [0.2, 0.25) is 5.91 Å². The van der Waals surface area contributed by atoms with Gasteiger partial charge < -0.3 is 11.1 Å². The van der Waals surface area contributed by atoms with Crippen molar-refractivity contribution in [3.8, 4) is 0 Å². The molecule has 1 unspecified atom stereocenters. The summed E-state index contributed by atoms with van der Waals surface area (Å²) in [6, 6.07) is 9.04. The van der Waals surface area contributed by atoms with Gasteiger partial charge in [-0.1, -0.05) is 17.7 Å². The number of hydrogen-bond acceptors (Lipinski definition) is 3. The molecular formula is C14H14ClN3O. The van der Waals surface area contributed by atoms with Crippen LogP contribution in [-0.2, 0) is 0 Å². The van der Waals surface area contributed by atoms with Gasteiger partial charge in [0.05, 0.1) is 16.6 Å². The number of hydrogen-bond donors (Lipinski definition) is 2. The molecule has 0 saturated carbocycles. The van der Waals surface area contributed by atoms with Crippen molar-refractivity contribution in [3.05, 3.63) is 58.9 Å². The molecule has 1 heterocycles. The lowest BCUT2D eigenvalue weighted by Gasteiger charge is -2.15. The Balaban J connectivity index is 2.16. The summed E-state index contributed by atoms with van der Waals surface area (Å²) in [5.41, 5.74) is 7.42. The van der Waals surface area contributed by atoms with Crippen molar-refractivity contribution in [2.75, 3.05) is 5.32 Å². The molecule has 0 saturated heterocycles. The molecule has 4 nitrogen and oxygen atoms in total. The van der Waals surface area contributed by atoms with Gasteiger partial charge in [-0.05, 0) is 36.8 Å². The zero-order chi connectivity index (χ0) is 13.8. The van der Waals surface area contributed by atoms with Crippen LogP contribution < -0.4 is 11.1 Å². The van der Waals surface area contributed by atoms with E-state index in [2.05, 4.69) is 10.3 Å². The van der Waals surface area contributed by atoms with Gasteiger partial charge in [-0.3, -0.25) is 9.78 Å². The zero-order valence-electron chi connectivity index (χ0n) is 10.4. The smallest absolute Gasteiger partial charge is 0.250 e. The number of nitrogens with zero attached hydrogens (tertiary/aromatic N) is 1. The molecule has 0 spiro atoms. The lowest BCUT2D eigenvalue weighted by Crippen LogP contribution is -2.12. The van der Waals surface area contributed by atoms with Crippen molar-refractivity contribution in [3.63, 3.8) is 0 Å². The molecular weight excluding hydrogens is 262 g/mol. The molecule has 1 aromatic carbocycles. The Morgan fingerprint density at radius 3 is 2.79 bits per heavy atom. The fourth-order valence-corrected chi connectivity index (χ4v) is 2.04. The second-order valence-corrected chi connectivity index (χ2v) is 4.62. The molecule has 2 aromatic rings. The molecule has 19 heavy (non-hydrogen) atoms. The van der Waals surface area contributed by atoms with Gasteiger partial charge >= 0.3 is 0 Å². The van der Waals surface area contributed by atoms with Gasteiger partial charge in [-0.15, -0.1) is 0 Å². The molecule has 98 valence electrons. The number of carbonyl (C=O) groups is 1. The molecule has 0 aliphatic carbocycles. The minimum absolute atomic E-state index is 0.0872. The minimum atomic E-state index is -0.531. The first-order chi connectivity index (χ1) is 9.08. The number of aromatic nitrogens is 1. The molecule has 2 rings (SSSR count). The van der Waals surface area contributed by atoms with Crippen LogP contribution in [0.15, 0.2) is 42.7 Å². The van der Waals surface area contributed by atoms with E-state index >= 15 is 0 Å². The summed E-state index contributed by atoms with van der Waals surface area (Å²) in [4.78, 5) is 15.2. The number of pyridine rings is 1. The van der Waals surface area contributed by atoms with Gasteiger partial charge in [0.15, 0.2) is 0 Å². The van der Waals surface area contributed by atoms with Crippen LogP contribution in [0.5, 0.6) is 0 Å². The van der Waals surface area contributed by atoms with E-state index in [9.17, 15) is 4.79 Å². The molecule has 0 bridgehead atoms. The average Bonchev–Trinajstić information content (AvgIpc) is 2.39. The van der Waals surface area contributed by atoms with Gasteiger partial charge in [0.25, 0.3) is 0 Å². The predicted octanol–water partition coefficient (Wildman–Crippen LogP) is 3.01. The Morgan fingerprint density at radius 1 is 1.42 bits per heavy atom. The SMILES string of the molecule is CC(Nc1ccc(C(N)=O)c(Cl)c1)c1cccnc1. The van der Waals surface area contributed by atoms with Crippen LogP contribution in [0.4, 0.5) is 5.69 Å². The first-order valence-electron chi connectivity index (χ1n) is 5.83. The summed E-state index contributed by atoms with van der Waals surface area (Å²) < 4.78 is 0. The first-order valence-corrected chi connectivity index (χ1v) is 6.21. The van der Waals surface area contributed by atoms with Crippen LogP contribution in [0.1, 0.15) is 28.9 Å². The Bertz CT molecular complexity index is 586. The van der Waals surface area contributed by atoms with Gasteiger partial charge in [-0.2, -0.15) is 0 Å². The molecule has 1 atom stereocenters. The number of benzene rings is 1. The van der Waals surface area contributed by atoms with Crippen molar-refractivity contribution in [2.24, 2.45) is 5.73 Å². The Morgan fingerprint density at radius 2 is 2.21 bits per heavy atom. The van der Waals surface area contributed by atoms with Crippen LogP contribution in [0.25, 0.3) is 0 Å². The second kappa shape index (κ2) is 5.71. The number of halogens is 1. The Hall–Kier alpha value is -2.07. The lowest BCUT2D eigenvalue weighted by molar-refractivity contribution is 0.100. The van der Waals surface area contributed by atoms with Crippen molar-refractivity contribution < 1.29 is 4.79 Å². The molecule has 0 aliphatic heterocycles. The van der Waals surface area contributed by atoms with Crippen LogP contribution in [-0.4, -0.2) is 10.9 Å². The Kier molecular flexibility index (Phi) is 4.02. The topological polar surface area (TPSA) is 68.0 Å². The largest absolute Gasteiger partial charge is 0.378 e. The van der Waals surface area contributed by atoms with Gasteiger partial charge in [0.1, 0.15) is 0 Å². The van der Waals surface area contributed by atoms with E-state index in [1.807, 2.05) is 19.1 Å². The van der Waals surface area contributed by atoms with E-state index in [0.717, 1.165) is 11.3 Å². The van der Waals surface area contributed by atoms with Gasteiger partial charge in [0, 0.05) is 18.1 Å². The first kappa shape index (κ1) is 13.4. The molecule has 0 radical (unpaired) electrons. The maximum atomic E-state index is 11.1. The highest BCUT2D eigenvalue weighted by Crippen LogP contribution is 2.24. The molecule has 1 amide bonds. The quantitative estimate of drug-likeness (QED) is 0.901. The van der Waals surface area contributed by atoms with Crippen LogP contribution >= 0.6 is 11.6 Å². The highest BCUT2D eigenvalue weighted by Gasteiger charge is 2.09. The third kappa shape index (κ3) is 3.23. The second-order valence-electron chi connectivity index (χ2n) is 4.21. The monoisotopic (exact) mass is 275 g/mol. The summed E-state index contributed by atoms with van der Waals surface area (Å²) >= 11 is 6.00. The normalized spacial score (nSPS) is 11.9. The summed E-state index contributed by atoms with van der Waals surface area (Å²) in [5.74, 6) is -0.531. The lowest BCUT2D eigenvalue weighted by atomic mass is 10.1. The molecule has 3 N–H and O–H groups in total. The van der Waals surface area contributed by atoms with E-state index in [1.54, 1.807) is 30.6 Å². The fourth-order valence-electron chi connectivity index (χ4n) is 1.77. The standard InChI is InChI=1S/C14H14ClN3O/c1-9(10-3-2-6-17-8-10)18-11-4-5-12(14(16)19)13(15)7-11/h2-9,18H,1H3,(H2,16,19). The summed E-state index contributed by atoms with van der Waals surface area (Å²) in [7, 11) is 0. The average molecular weight is 276 g/mol. The summed E-state index contributed by atoms with van der Waals surface area (Å²) in [6.45, 7) is 2.02. The minimum Gasteiger partial charge on any atom is -0.378 e. The van der Waals surface area contributed by atoms with E-state index in [4.69, 9.17) is 17.3 Å². The van der Waals surface area contributed by atoms with E-state index in [-0.39, 0.29) is 6.04 Å². The van der Waals surface area contributed by atoms with Crippen molar-refractivity contribution in [2.45, 2.75) is 13.0 Å². The van der Waals surface area contributed by atoms with E-state index in [1.165, 1.54) is 0 Å². The summed E-state index contributed by atoms with van der Waals surface area (Å²) in [5, 5.41) is 3.63. The maximum absolute atomic E-state index is 11.1. The third-order valence-electron chi connectivity index (χ3n) is 2.80. The number of anilines is 1. The van der Waals surface area contributed by atoms with E-state index in [0.29, 0.717) is 10.6 Å². The Labute approximate surface area is 116 Å². The molecule has 5 heteroatoms.